The summed E-state index contributed by atoms with van der Waals surface area (Å²) in [5.74, 6) is 0.617. The van der Waals surface area contributed by atoms with Gasteiger partial charge in [0.15, 0.2) is 0 Å². The maximum Gasteiger partial charge on any atom is 0.201 e. The molecule has 0 radical (unpaired) electrons. The zero-order valence-corrected chi connectivity index (χ0v) is 13.7. The molecule has 20 heavy (non-hydrogen) atoms. The molecule has 0 unspecified atom stereocenters. The van der Waals surface area contributed by atoms with Crippen molar-refractivity contribution in [3.8, 4) is 0 Å². The molecule has 4 nitrogen and oxygen atoms in total. The molecule has 0 amide bonds. The van der Waals surface area contributed by atoms with Crippen LogP contribution in [-0.4, -0.2) is 34.1 Å². The molecule has 5 heteroatoms. The van der Waals surface area contributed by atoms with Gasteiger partial charge < -0.3 is 15.2 Å². The zero-order chi connectivity index (χ0) is 14.3. The van der Waals surface area contributed by atoms with Crippen LogP contribution in [0.5, 0.6) is 0 Å². The lowest BCUT2D eigenvalue weighted by Gasteiger charge is -2.37. The van der Waals surface area contributed by atoms with Gasteiger partial charge in [0.25, 0.3) is 0 Å². The fourth-order valence-corrected chi connectivity index (χ4v) is 3.71. The van der Waals surface area contributed by atoms with E-state index in [1.165, 1.54) is 25.7 Å². The molecule has 1 heterocycles. The number of imidazole rings is 1. The molecule has 0 saturated heterocycles. The molecule has 0 spiro atoms. The maximum atomic E-state index is 6.16. The van der Waals surface area contributed by atoms with Crippen molar-refractivity contribution in [2.75, 3.05) is 19.8 Å². The number of likely N-dealkylation sites (N-methyl/N-ethyl adjacent to an activating group) is 1. The highest BCUT2D eigenvalue weighted by Gasteiger charge is 2.37. The second kappa shape index (κ2) is 5.04. The molecule has 0 atom stereocenters. The van der Waals surface area contributed by atoms with Gasteiger partial charge in [-0.15, -0.1) is 0 Å². The van der Waals surface area contributed by atoms with Crippen molar-refractivity contribution in [1.82, 2.24) is 14.5 Å². The van der Waals surface area contributed by atoms with E-state index in [9.17, 15) is 0 Å². The summed E-state index contributed by atoms with van der Waals surface area (Å²) in [4.78, 5) is 6.86. The predicted octanol–water partition coefficient (Wildman–Crippen LogP) is 3.26. The average Bonchev–Trinajstić information content (AvgIpc) is 2.96. The number of nitrogen functional groups attached to an aromatic ring is 1. The van der Waals surface area contributed by atoms with E-state index in [4.69, 9.17) is 5.73 Å². The third-order valence-corrected chi connectivity index (χ3v) is 5.17. The largest absolute Gasteiger partial charge is 0.369 e. The molecule has 1 saturated carbocycles. The van der Waals surface area contributed by atoms with Crippen molar-refractivity contribution in [3.05, 3.63) is 22.7 Å². The number of nitrogens with zero attached hydrogens (tertiary/aromatic N) is 3. The smallest absolute Gasteiger partial charge is 0.201 e. The van der Waals surface area contributed by atoms with Crippen molar-refractivity contribution in [2.45, 2.75) is 37.8 Å². The minimum atomic E-state index is 0.217. The van der Waals surface area contributed by atoms with Crippen LogP contribution in [0, 0.1) is 0 Å². The SMILES string of the molecule is CN(C)C1(Cn2c(N)nc3cc(Br)ccc32)CCCC1. The van der Waals surface area contributed by atoms with Gasteiger partial charge in [-0.1, -0.05) is 28.8 Å². The fraction of sp³-hybridized carbons (Fsp3) is 0.533. The molecule has 3 rings (SSSR count). The first-order valence-electron chi connectivity index (χ1n) is 7.11. The van der Waals surface area contributed by atoms with Crippen LogP contribution in [-0.2, 0) is 6.54 Å². The third-order valence-electron chi connectivity index (χ3n) is 4.68. The Labute approximate surface area is 128 Å². The van der Waals surface area contributed by atoms with Crippen LogP contribution in [0.4, 0.5) is 5.95 Å². The number of fused-ring (bicyclic) bond motifs is 1. The molecule has 1 aromatic heterocycles. The van der Waals surface area contributed by atoms with E-state index >= 15 is 0 Å². The Morgan fingerprint density at radius 1 is 1.35 bits per heavy atom. The van der Waals surface area contributed by atoms with E-state index in [0.717, 1.165) is 22.1 Å². The standard InChI is InChI=1S/C15H21BrN4/c1-19(2)15(7-3-4-8-15)10-20-13-6-5-11(16)9-12(13)18-14(20)17/h5-6,9H,3-4,7-8,10H2,1-2H3,(H2,17,18). The summed E-state index contributed by atoms with van der Waals surface area (Å²) in [6.45, 7) is 0.921. The van der Waals surface area contributed by atoms with Gasteiger partial charge >= 0.3 is 0 Å². The van der Waals surface area contributed by atoms with Gasteiger partial charge in [0.05, 0.1) is 11.0 Å². The Hall–Kier alpha value is -1.07. The van der Waals surface area contributed by atoms with E-state index in [1.54, 1.807) is 0 Å². The van der Waals surface area contributed by atoms with Crippen molar-refractivity contribution in [3.63, 3.8) is 0 Å². The highest BCUT2D eigenvalue weighted by molar-refractivity contribution is 9.10. The van der Waals surface area contributed by atoms with Crippen LogP contribution in [0.1, 0.15) is 25.7 Å². The van der Waals surface area contributed by atoms with Gasteiger partial charge in [-0.05, 0) is 45.1 Å². The van der Waals surface area contributed by atoms with Crippen LogP contribution in [0.25, 0.3) is 11.0 Å². The molecule has 0 aliphatic heterocycles. The normalized spacial score (nSPS) is 18.2. The summed E-state index contributed by atoms with van der Waals surface area (Å²) in [7, 11) is 4.36. The lowest BCUT2D eigenvalue weighted by molar-refractivity contribution is 0.136. The number of hydrogen-bond acceptors (Lipinski definition) is 3. The summed E-state index contributed by atoms with van der Waals surface area (Å²) in [5.41, 5.74) is 8.46. The van der Waals surface area contributed by atoms with Crippen LogP contribution in [0.3, 0.4) is 0 Å². The minimum absolute atomic E-state index is 0.217. The number of benzene rings is 1. The second-order valence-electron chi connectivity index (χ2n) is 6.02. The summed E-state index contributed by atoms with van der Waals surface area (Å²) in [6.07, 6.45) is 5.07. The third kappa shape index (κ3) is 2.23. The van der Waals surface area contributed by atoms with Gasteiger partial charge in [-0.25, -0.2) is 4.98 Å². The fourth-order valence-electron chi connectivity index (χ4n) is 3.36. The number of hydrogen-bond donors (Lipinski definition) is 1. The van der Waals surface area contributed by atoms with Crippen molar-refractivity contribution in [2.24, 2.45) is 0 Å². The molecular formula is C15H21BrN4. The molecule has 0 bridgehead atoms. The molecule has 2 aromatic rings. The Bertz CT molecular complexity index is 626. The van der Waals surface area contributed by atoms with Gasteiger partial charge in [0.2, 0.25) is 5.95 Å². The number of nitrogens with two attached hydrogens (primary N) is 1. The van der Waals surface area contributed by atoms with Crippen molar-refractivity contribution < 1.29 is 0 Å². The average molecular weight is 337 g/mol. The van der Waals surface area contributed by atoms with Crippen LogP contribution >= 0.6 is 15.9 Å². The van der Waals surface area contributed by atoms with E-state index in [0.29, 0.717) is 5.95 Å². The zero-order valence-electron chi connectivity index (χ0n) is 12.1. The van der Waals surface area contributed by atoms with Crippen molar-refractivity contribution in [1.29, 1.82) is 0 Å². The summed E-state index contributed by atoms with van der Waals surface area (Å²) < 4.78 is 3.21. The van der Waals surface area contributed by atoms with Gasteiger partial charge in [-0.3, -0.25) is 0 Å². The minimum Gasteiger partial charge on any atom is -0.369 e. The number of halogens is 1. The van der Waals surface area contributed by atoms with E-state index in [2.05, 4.69) is 56.6 Å². The number of rotatable bonds is 3. The summed E-state index contributed by atoms with van der Waals surface area (Å²) in [6, 6.07) is 6.18. The monoisotopic (exact) mass is 336 g/mol. The Balaban J connectivity index is 2.04. The lowest BCUT2D eigenvalue weighted by atomic mass is 9.96. The first-order valence-corrected chi connectivity index (χ1v) is 7.90. The van der Waals surface area contributed by atoms with Crippen LogP contribution < -0.4 is 5.73 Å². The maximum absolute atomic E-state index is 6.16. The second-order valence-corrected chi connectivity index (χ2v) is 6.93. The molecule has 108 valence electrons. The first kappa shape index (κ1) is 13.9. The molecular weight excluding hydrogens is 316 g/mol. The summed E-state index contributed by atoms with van der Waals surface area (Å²) >= 11 is 3.49. The molecule has 1 fully saturated rings. The first-order chi connectivity index (χ1) is 9.52. The number of anilines is 1. The van der Waals surface area contributed by atoms with E-state index in [1.807, 2.05) is 6.07 Å². The van der Waals surface area contributed by atoms with Gasteiger partial charge in [-0.2, -0.15) is 0 Å². The van der Waals surface area contributed by atoms with Crippen LogP contribution in [0.15, 0.2) is 22.7 Å². The lowest BCUT2D eigenvalue weighted by Crippen LogP contribution is -2.45. The van der Waals surface area contributed by atoms with E-state index < -0.39 is 0 Å². The molecule has 1 aromatic carbocycles. The Kier molecular flexibility index (Phi) is 3.50. The van der Waals surface area contributed by atoms with Gasteiger partial charge in [0.1, 0.15) is 0 Å². The molecule has 1 aliphatic carbocycles. The Morgan fingerprint density at radius 2 is 2.05 bits per heavy atom. The van der Waals surface area contributed by atoms with Gasteiger partial charge in [0, 0.05) is 16.6 Å². The quantitative estimate of drug-likeness (QED) is 0.935. The molecule has 2 N–H and O–H groups in total. The summed E-state index contributed by atoms with van der Waals surface area (Å²) in [5, 5.41) is 0. The highest BCUT2D eigenvalue weighted by atomic mass is 79.9. The topological polar surface area (TPSA) is 47.1 Å². The molecule has 1 aliphatic rings. The highest BCUT2D eigenvalue weighted by Crippen LogP contribution is 2.36. The van der Waals surface area contributed by atoms with Crippen LogP contribution in [0.2, 0.25) is 0 Å². The van der Waals surface area contributed by atoms with Crippen molar-refractivity contribution >= 4 is 32.9 Å². The Morgan fingerprint density at radius 3 is 2.70 bits per heavy atom. The predicted molar refractivity (Wildman–Crippen MR) is 86.7 cm³/mol. The number of aromatic nitrogens is 2. The van der Waals surface area contributed by atoms with E-state index in [-0.39, 0.29) is 5.54 Å².